The molecular formula is C16H26N2O3S. The van der Waals surface area contributed by atoms with E-state index in [1.54, 1.807) is 18.2 Å². The van der Waals surface area contributed by atoms with Crippen LogP contribution in [0.15, 0.2) is 23.1 Å². The standard InChI is InChI=1S/C16H26N2O3S/c1-4-5-8-17-13-6-7-16-15(10-13)21-11-14(9-12(2)3)18-22(16,19)20/h6-7,10,12,14,17-18H,4-5,8-9,11H2,1-3H3/t14-/m0/s1. The van der Waals surface area contributed by atoms with Crippen LogP contribution in [-0.4, -0.2) is 27.6 Å². The minimum atomic E-state index is -3.52. The van der Waals surface area contributed by atoms with Gasteiger partial charge in [0.05, 0.1) is 6.04 Å². The molecule has 1 atom stereocenters. The fourth-order valence-electron chi connectivity index (χ4n) is 2.55. The Kier molecular flexibility index (Phi) is 5.69. The summed E-state index contributed by atoms with van der Waals surface area (Å²) in [4.78, 5) is 0.222. The molecule has 1 heterocycles. The third-order valence-electron chi connectivity index (χ3n) is 3.61. The average molecular weight is 326 g/mol. The molecule has 2 rings (SSSR count). The second-order valence-electron chi connectivity index (χ2n) is 6.20. The maximum Gasteiger partial charge on any atom is 0.244 e. The highest BCUT2D eigenvalue weighted by Gasteiger charge is 2.28. The van der Waals surface area contributed by atoms with Gasteiger partial charge in [0.2, 0.25) is 10.0 Å². The number of benzene rings is 1. The molecule has 0 spiro atoms. The highest BCUT2D eigenvalue weighted by molar-refractivity contribution is 7.89. The third kappa shape index (κ3) is 4.36. The van der Waals surface area contributed by atoms with Crippen LogP contribution < -0.4 is 14.8 Å². The largest absolute Gasteiger partial charge is 0.490 e. The van der Waals surface area contributed by atoms with Gasteiger partial charge in [-0.25, -0.2) is 13.1 Å². The number of sulfonamides is 1. The van der Waals surface area contributed by atoms with Crippen molar-refractivity contribution in [3.05, 3.63) is 18.2 Å². The minimum absolute atomic E-state index is 0.186. The predicted molar refractivity (Wildman–Crippen MR) is 88.9 cm³/mol. The fraction of sp³-hybridized carbons (Fsp3) is 0.625. The first-order chi connectivity index (χ1) is 10.4. The molecule has 22 heavy (non-hydrogen) atoms. The highest BCUT2D eigenvalue weighted by atomic mass is 32.2. The van der Waals surface area contributed by atoms with Gasteiger partial charge in [-0.1, -0.05) is 27.2 Å². The Hall–Kier alpha value is -1.27. The lowest BCUT2D eigenvalue weighted by atomic mass is 10.1. The van der Waals surface area contributed by atoms with E-state index in [1.807, 2.05) is 0 Å². The van der Waals surface area contributed by atoms with E-state index in [0.29, 0.717) is 18.3 Å². The Bertz CT molecular complexity index is 599. The van der Waals surface area contributed by atoms with E-state index in [9.17, 15) is 8.42 Å². The Morgan fingerprint density at radius 2 is 2.18 bits per heavy atom. The van der Waals surface area contributed by atoms with Crippen LogP contribution in [0.1, 0.15) is 40.0 Å². The molecule has 0 fully saturated rings. The summed E-state index contributed by atoms with van der Waals surface area (Å²) in [7, 11) is -3.52. The first-order valence-electron chi connectivity index (χ1n) is 7.95. The van der Waals surface area contributed by atoms with Crippen molar-refractivity contribution in [1.82, 2.24) is 4.72 Å². The van der Waals surface area contributed by atoms with Gasteiger partial charge in [0.1, 0.15) is 17.3 Å². The summed E-state index contributed by atoms with van der Waals surface area (Å²) < 4.78 is 33.4. The molecule has 0 aliphatic carbocycles. The molecule has 124 valence electrons. The van der Waals surface area contributed by atoms with E-state index in [4.69, 9.17) is 4.74 Å². The Labute approximate surface area is 133 Å². The molecule has 1 aromatic rings. The molecule has 0 saturated heterocycles. The first-order valence-corrected chi connectivity index (χ1v) is 9.43. The molecule has 0 bridgehead atoms. The molecular weight excluding hydrogens is 300 g/mol. The van der Waals surface area contributed by atoms with Crippen molar-refractivity contribution in [2.75, 3.05) is 18.5 Å². The Morgan fingerprint density at radius 3 is 2.86 bits per heavy atom. The number of nitrogens with one attached hydrogen (secondary N) is 2. The Morgan fingerprint density at radius 1 is 1.41 bits per heavy atom. The molecule has 0 radical (unpaired) electrons. The molecule has 0 saturated carbocycles. The summed E-state index contributed by atoms with van der Waals surface area (Å²) >= 11 is 0. The molecule has 0 unspecified atom stereocenters. The fourth-order valence-corrected chi connectivity index (χ4v) is 3.91. The van der Waals surface area contributed by atoms with Gasteiger partial charge in [-0.3, -0.25) is 0 Å². The number of rotatable bonds is 6. The van der Waals surface area contributed by atoms with E-state index in [1.165, 1.54) is 0 Å². The maximum absolute atomic E-state index is 12.4. The van der Waals surface area contributed by atoms with Crippen molar-refractivity contribution in [3.8, 4) is 5.75 Å². The van der Waals surface area contributed by atoms with Gasteiger partial charge in [-0.2, -0.15) is 0 Å². The number of fused-ring (bicyclic) bond motifs is 1. The zero-order chi connectivity index (χ0) is 16.2. The molecule has 1 aromatic carbocycles. The van der Waals surface area contributed by atoms with Gasteiger partial charge < -0.3 is 10.1 Å². The van der Waals surface area contributed by atoms with Crippen LogP contribution in [-0.2, 0) is 10.0 Å². The third-order valence-corrected chi connectivity index (χ3v) is 5.17. The first kappa shape index (κ1) is 17.1. The second kappa shape index (κ2) is 7.33. The van der Waals surface area contributed by atoms with Crippen molar-refractivity contribution in [3.63, 3.8) is 0 Å². The van der Waals surface area contributed by atoms with Crippen LogP contribution in [0.4, 0.5) is 5.69 Å². The summed E-state index contributed by atoms with van der Waals surface area (Å²) in [6.07, 6.45) is 2.95. The number of anilines is 1. The van der Waals surface area contributed by atoms with Crippen LogP contribution in [0.3, 0.4) is 0 Å². The van der Waals surface area contributed by atoms with Crippen LogP contribution in [0.2, 0.25) is 0 Å². The summed E-state index contributed by atoms with van der Waals surface area (Å²) in [5.41, 5.74) is 0.893. The molecule has 5 nitrogen and oxygen atoms in total. The zero-order valence-electron chi connectivity index (χ0n) is 13.6. The van der Waals surface area contributed by atoms with Gasteiger partial charge in [0, 0.05) is 18.3 Å². The number of ether oxygens (including phenoxy) is 1. The number of unbranched alkanes of at least 4 members (excludes halogenated alkanes) is 1. The predicted octanol–water partition coefficient (Wildman–Crippen LogP) is 2.98. The molecule has 1 aliphatic heterocycles. The van der Waals surface area contributed by atoms with Crippen LogP contribution in [0.25, 0.3) is 0 Å². The van der Waals surface area contributed by atoms with E-state index in [0.717, 1.165) is 31.5 Å². The van der Waals surface area contributed by atoms with Crippen molar-refractivity contribution in [2.24, 2.45) is 5.92 Å². The lowest BCUT2D eigenvalue weighted by molar-refractivity contribution is 0.262. The van der Waals surface area contributed by atoms with Gasteiger partial charge in [-0.05, 0) is 30.9 Å². The minimum Gasteiger partial charge on any atom is -0.490 e. The Balaban J connectivity index is 2.19. The van der Waals surface area contributed by atoms with E-state index in [2.05, 4.69) is 30.8 Å². The lowest BCUT2D eigenvalue weighted by Crippen LogP contribution is -2.37. The van der Waals surface area contributed by atoms with Crippen molar-refractivity contribution >= 4 is 15.7 Å². The lowest BCUT2D eigenvalue weighted by Gasteiger charge is -2.16. The normalized spacial score (nSPS) is 20.1. The van der Waals surface area contributed by atoms with Gasteiger partial charge >= 0.3 is 0 Å². The summed E-state index contributed by atoms with van der Waals surface area (Å²) in [6.45, 7) is 7.51. The van der Waals surface area contributed by atoms with Crippen molar-refractivity contribution < 1.29 is 13.2 Å². The zero-order valence-corrected chi connectivity index (χ0v) is 14.4. The molecule has 0 aromatic heterocycles. The van der Waals surface area contributed by atoms with Crippen molar-refractivity contribution in [2.45, 2.75) is 51.0 Å². The van der Waals surface area contributed by atoms with E-state index >= 15 is 0 Å². The smallest absolute Gasteiger partial charge is 0.244 e. The molecule has 2 N–H and O–H groups in total. The molecule has 0 amide bonds. The quantitative estimate of drug-likeness (QED) is 0.789. The van der Waals surface area contributed by atoms with Crippen LogP contribution >= 0.6 is 0 Å². The van der Waals surface area contributed by atoms with Crippen LogP contribution in [0, 0.1) is 5.92 Å². The molecule has 1 aliphatic rings. The summed E-state index contributed by atoms with van der Waals surface area (Å²) in [5, 5.41) is 3.29. The SMILES string of the molecule is CCCCNc1ccc2c(c1)OC[C@H](CC(C)C)NS2(=O)=O. The number of hydrogen-bond donors (Lipinski definition) is 2. The highest BCUT2D eigenvalue weighted by Crippen LogP contribution is 2.30. The van der Waals surface area contributed by atoms with Gasteiger partial charge in [0.25, 0.3) is 0 Å². The van der Waals surface area contributed by atoms with Gasteiger partial charge in [-0.15, -0.1) is 0 Å². The topological polar surface area (TPSA) is 67.4 Å². The summed E-state index contributed by atoms with van der Waals surface area (Å²) in [6, 6.07) is 5.00. The maximum atomic E-state index is 12.4. The van der Waals surface area contributed by atoms with Gasteiger partial charge in [0.15, 0.2) is 0 Å². The monoisotopic (exact) mass is 326 g/mol. The van der Waals surface area contributed by atoms with E-state index in [-0.39, 0.29) is 10.9 Å². The number of hydrogen-bond acceptors (Lipinski definition) is 4. The summed E-state index contributed by atoms with van der Waals surface area (Å²) in [5.74, 6) is 0.837. The average Bonchev–Trinajstić information content (AvgIpc) is 2.55. The van der Waals surface area contributed by atoms with E-state index < -0.39 is 10.0 Å². The molecule has 6 heteroatoms. The van der Waals surface area contributed by atoms with Crippen molar-refractivity contribution in [1.29, 1.82) is 0 Å². The van der Waals surface area contributed by atoms with Crippen LogP contribution in [0.5, 0.6) is 5.75 Å². The second-order valence-corrected chi connectivity index (χ2v) is 7.88.